The van der Waals surface area contributed by atoms with Gasteiger partial charge in [0.2, 0.25) is 10.0 Å². The van der Waals surface area contributed by atoms with E-state index < -0.39 is 14.9 Å². The molecule has 0 radical (unpaired) electrons. The van der Waals surface area contributed by atoms with E-state index in [1.54, 1.807) is 0 Å². The first-order valence-electron chi connectivity index (χ1n) is 8.91. The monoisotopic (exact) mass is 432 g/mol. The van der Waals surface area contributed by atoms with Gasteiger partial charge in [0, 0.05) is 43.7 Å². The highest BCUT2D eigenvalue weighted by molar-refractivity contribution is 7.89. The van der Waals surface area contributed by atoms with E-state index in [0.717, 1.165) is 16.8 Å². The van der Waals surface area contributed by atoms with Crippen LogP contribution in [0.15, 0.2) is 59.5 Å². The van der Waals surface area contributed by atoms with Crippen LogP contribution in [0.2, 0.25) is 5.15 Å². The molecule has 3 aromatic rings. The van der Waals surface area contributed by atoms with Crippen LogP contribution in [0.4, 0.5) is 11.5 Å². The number of pyridine rings is 1. The molecular weight excluding hydrogens is 416 g/mol. The number of halogens is 1. The first-order chi connectivity index (χ1) is 13.9. The lowest BCUT2D eigenvalue weighted by atomic mass is 10.2. The summed E-state index contributed by atoms with van der Waals surface area (Å²) in [6.45, 7) is 1.37. The Bertz CT molecular complexity index is 1190. The van der Waals surface area contributed by atoms with E-state index in [9.17, 15) is 18.5 Å². The minimum absolute atomic E-state index is 0.0768. The third-order valence-electron chi connectivity index (χ3n) is 4.91. The summed E-state index contributed by atoms with van der Waals surface area (Å²) in [6.07, 6.45) is 0. The number of fused-ring (bicyclic) bond motifs is 1. The van der Waals surface area contributed by atoms with Crippen molar-refractivity contribution in [2.75, 3.05) is 31.1 Å². The molecule has 1 saturated heterocycles. The summed E-state index contributed by atoms with van der Waals surface area (Å²) in [7, 11) is -3.81. The minimum Gasteiger partial charge on any atom is -0.354 e. The van der Waals surface area contributed by atoms with Crippen molar-refractivity contribution in [2.24, 2.45) is 0 Å². The van der Waals surface area contributed by atoms with E-state index in [1.807, 2.05) is 35.2 Å². The first kappa shape index (κ1) is 19.6. The van der Waals surface area contributed by atoms with Crippen molar-refractivity contribution in [3.63, 3.8) is 0 Å². The summed E-state index contributed by atoms with van der Waals surface area (Å²) >= 11 is 6.30. The highest BCUT2D eigenvalue weighted by atomic mass is 35.5. The average molecular weight is 433 g/mol. The second-order valence-electron chi connectivity index (χ2n) is 6.64. The summed E-state index contributed by atoms with van der Waals surface area (Å²) in [5.74, 6) is 0.695. The quantitative estimate of drug-likeness (QED) is 0.356. The van der Waals surface area contributed by atoms with Crippen molar-refractivity contribution < 1.29 is 13.3 Å². The molecule has 0 unspecified atom stereocenters. The van der Waals surface area contributed by atoms with Gasteiger partial charge in [-0.2, -0.15) is 4.31 Å². The van der Waals surface area contributed by atoms with Gasteiger partial charge in [0.25, 0.3) is 5.69 Å². The predicted molar refractivity (Wildman–Crippen MR) is 111 cm³/mol. The molecule has 29 heavy (non-hydrogen) atoms. The maximum atomic E-state index is 12.9. The van der Waals surface area contributed by atoms with Gasteiger partial charge in [0.05, 0.1) is 9.82 Å². The maximum Gasteiger partial charge on any atom is 0.270 e. The SMILES string of the molecule is O=[N+]([O-])c1cccc(S(=O)(=O)N2CCN(c3cc4ccccc4c(Cl)n3)CC2)c1. The predicted octanol–water partition coefficient (Wildman–Crippen LogP) is 3.31. The van der Waals surface area contributed by atoms with E-state index in [0.29, 0.717) is 24.1 Å². The van der Waals surface area contributed by atoms with Crippen LogP contribution in [0.25, 0.3) is 10.8 Å². The standard InChI is InChI=1S/C19H17ClN4O4S/c20-19-17-7-2-1-4-14(17)12-18(21-19)22-8-10-23(11-9-22)29(27,28)16-6-3-5-15(13-16)24(25)26/h1-7,12-13H,8-11H2. The largest absolute Gasteiger partial charge is 0.354 e. The van der Waals surface area contributed by atoms with Crippen LogP contribution in [0.1, 0.15) is 0 Å². The van der Waals surface area contributed by atoms with E-state index in [-0.39, 0.29) is 23.7 Å². The van der Waals surface area contributed by atoms with Gasteiger partial charge >= 0.3 is 0 Å². The molecular formula is C19H17ClN4O4S. The maximum absolute atomic E-state index is 12.9. The number of rotatable bonds is 4. The van der Waals surface area contributed by atoms with Gasteiger partial charge in [-0.05, 0) is 17.5 Å². The van der Waals surface area contributed by atoms with Gasteiger partial charge in [0.1, 0.15) is 11.0 Å². The molecule has 1 aliphatic heterocycles. The molecule has 0 amide bonds. The molecule has 0 bridgehead atoms. The zero-order valence-corrected chi connectivity index (χ0v) is 16.8. The molecule has 0 aliphatic carbocycles. The number of anilines is 1. The normalized spacial score (nSPS) is 15.6. The molecule has 8 nitrogen and oxygen atoms in total. The fraction of sp³-hybridized carbons (Fsp3) is 0.211. The molecule has 0 atom stereocenters. The van der Waals surface area contributed by atoms with Gasteiger partial charge in [-0.15, -0.1) is 0 Å². The summed E-state index contributed by atoms with van der Waals surface area (Å²) in [4.78, 5) is 16.7. The molecule has 0 spiro atoms. The van der Waals surface area contributed by atoms with Crippen LogP contribution in [-0.2, 0) is 10.0 Å². The van der Waals surface area contributed by atoms with Crippen LogP contribution < -0.4 is 4.90 Å². The zero-order chi connectivity index (χ0) is 20.6. The van der Waals surface area contributed by atoms with Gasteiger partial charge in [-0.3, -0.25) is 10.1 Å². The Kier molecular flexibility index (Phi) is 5.12. The number of sulfonamides is 1. The molecule has 150 valence electrons. The van der Waals surface area contributed by atoms with Crippen LogP contribution in [-0.4, -0.2) is 48.8 Å². The molecule has 1 aromatic heterocycles. The molecule has 2 heterocycles. The molecule has 1 aliphatic rings. The highest BCUT2D eigenvalue weighted by Gasteiger charge is 2.30. The zero-order valence-electron chi connectivity index (χ0n) is 15.2. The van der Waals surface area contributed by atoms with Gasteiger partial charge in [0.15, 0.2) is 0 Å². The Balaban J connectivity index is 1.53. The van der Waals surface area contributed by atoms with Crippen LogP contribution in [0, 0.1) is 10.1 Å². The number of nitro benzene ring substituents is 1. The fourth-order valence-corrected chi connectivity index (χ4v) is 5.09. The number of aromatic nitrogens is 1. The van der Waals surface area contributed by atoms with Crippen molar-refractivity contribution in [2.45, 2.75) is 4.90 Å². The highest BCUT2D eigenvalue weighted by Crippen LogP contribution is 2.28. The first-order valence-corrected chi connectivity index (χ1v) is 10.7. The van der Waals surface area contributed by atoms with Gasteiger partial charge in [-0.25, -0.2) is 13.4 Å². The van der Waals surface area contributed by atoms with Crippen LogP contribution in [0.5, 0.6) is 0 Å². The van der Waals surface area contributed by atoms with Crippen molar-refractivity contribution in [1.29, 1.82) is 0 Å². The van der Waals surface area contributed by atoms with Gasteiger partial charge < -0.3 is 4.90 Å². The minimum atomic E-state index is -3.81. The van der Waals surface area contributed by atoms with E-state index in [2.05, 4.69) is 4.98 Å². The number of non-ortho nitro benzene ring substituents is 1. The van der Waals surface area contributed by atoms with Gasteiger partial charge in [-0.1, -0.05) is 41.9 Å². The lowest BCUT2D eigenvalue weighted by molar-refractivity contribution is -0.385. The third kappa shape index (κ3) is 3.76. The second-order valence-corrected chi connectivity index (χ2v) is 8.93. The summed E-state index contributed by atoms with van der Waals surface area (Å²) in [6, 6.07) is 14.7. The van der Waals surface area contributed by atoms with Crippen LogP contribution >= 0.6 is 11.6 Å². The fourth-order valence-electron chi connectivity index (χ4n) is 3.37. The lowest BCUT2D eigenvalue weighted by Gasteiger charge is -2.34. The number of piperazine rings is 1. The lowest BCUT2D eigenvalue weighted by Crippen LogP contribution is -2.48. The Hall–Kier alpha value is -2.75. The Morgan fingerprint density at radius 3 is 2.45 bits per heavy atom. The van der Waals surface area contributed by atoms with E-state index in [1.165, 1.54) is 22.5 Å². The molecule has 10 heteroatoms. The van der Waals surface area contributed by atoms with Crippen molar-refractivity contribution in [1.82, 2.24) is 9.29 Å². The Labute approximate surface area is 172 Å². The molecule has 0 saturated carbocycles. The van der Waals surface area contributed by atoms with E-state index in [4.69, 9.17) is 11.6 Å². The summed E-state index contributed by atoms with van der Waals surface area (Å²) in [5, 5.41) is 13.2. The summed E-state index contributed by atoms with van der Waals surface area (Å²) < 4.78 is 27.1. The third-order valence-corrected chi connectivity index (χ3v) is 7.09. The molecule has 2 aromatic carbocycles. The average Bonchev–Trinajstić information content (AvgIpc) is 2.74. The number of benzene rings is 2. The molecule has 4 rings (SSSR count). The molecule has 1 fully saturated rings. The van der Waals surface area contributed by atoms with Crippen molar-refractivity contribution in [3.05, 3.63) is 69.9 Å². The van der Waals surface area contributed by atoms with Crippen LogP contribution in [0.3, 0.4) is 0 Å². The summed E-state index contributed by atoms with van der Waals surface area (Å²) in [5.41, 5.74) is -0.250. The number of nitro groups is 1. The molecule has 0 N–H and O–H groups in total. The second kappa shape index (κ2) is 7.58. The Morgan fingerprint density at radius 2 is 1.72 bits per heavy atom. The van der Waals surface area contributed by atoms with Crippen molar-refractivity contribution >= 4 is 43.9 Å². The van der Waals surface area contributed by atoms with Crippen molar-refractivity contribution in [3.8, 4) is 0 Å². The number of nitrogens with zero attached hydrogens (tertiary/aromatic N) is 4. The van der Waals surface area contributed by atoms with E-state index >= 15 is 0 Å². The Morgan fingerprint density at radius 1 is 1.00 bits per heavy atom. The number of hydrogen-bond donors (Lipinski definition) is 0. The topological polar surface area (TPSA) is 96.6 Å². The number of hydrogen-bond acceptors (Lipinski definition) is 6. The smallest absolute Gasteiger partial charge is 0.270 e.